The zero-order valence-corrected chi connectivity index (χ0v) is 8.91. The molecule has 0 saturated heterocycles. The van der Waals surface area contributed by atoms with Crippen LogP contribution in [0.3, 0.4) is 0 Å². The lowest BCUT2D eigenvalue weighted by Gasteiger charge is -2.03. The van der Waals surface area contributed by atoms with E-state index in [1.54, 1.807) is 0 Å². The lowest BCUT2D eigenvalue weighted by atomic mass is 10.0. The first kappa shape index (κ1) is 10.3. The van der Waals surface area contributed by atoms with Crippen LogP contribution in [0, 0.1) is 11.6 Å². The summed E-state index contributed by atoms with van der Waals surface area (Å²) in [5, 5.41) is 3.66. The van der Waals surface area contributed by atoms with E-state index in [-0.39, 0.29) is 17.3 Å². The van der Waals surface area contributed by atoms with E-state index < -0.39 is 11.6 Å². The van der Waals surface area contributed by atoms with Crippen molar-refractivity contribution in [2.24, 2.45) is 0 Å². The van der Waals surface area contributed by atoms with Crippen LogP contribution in [0.1, 0.15) is 24.5 Å². The van der Waals surface area contributed by atoms with Gasteiger partial charge in [-0.05, 0) is 25.0 Å². The van der Waals surface area contributed by atoms with Crippen molar-refractivity contribution < 1.29 is 13.3 Å². The summed E-state index contributed by atoms with van der Waals surface area (Å²) in [5.74, 6) is -0.249. The molecule has 3 nitrogen and oxygen atoms in total. The van der Waals surface area contributed by atoms with Crippen LogP contribution in [-0.2, 0) is 0 Å². The van der Waals surface area contributed by atoms with Crippen molar-refractivity contribution >= 4 is 5.82 Å². The van der Waals surface area contributed by atoms with Crippen molar-refractivity contribution in [1.82, 2.24) is 5.16 Å². The van der Waals surface area contributed by atoms with Gasteiger partial charge in [0.15, 0.2) is 5.82 Å². The van der Waals surface area contributed by atoms with E-state index in [9.17, 15) is 8.78 Å². The quantitative estimate of drug-likeness (QED) is 0.871. The molecule has 0 atom stereocenters. The number of nitrogens with zero attached hydrogens (tertiary/aromatic N) is 1. The van der Waals surface area contributed by atoms with E-state index in [1.807, 2.05) is 0 Å². The van der Waals surface area contributed by atoms with Gasteiger partial charge in [-0.25, -0.2) is 8.78 Å². The predicted molar refractivity (Wildman–Crippen MR) is 58.2 cm³/mol. The van der Waals surface area contributed by atoms with Gasteiger partial charge in [-0.15, -0.1) is 0 Å². The lowest BCUT2D eigenvalue weighted by molar-refractivity contribution is 0.387. The van der Waals surface area contributed by atoms with Crippen molar-refractivity contribution in [3.05, 3.63) is 35.6 Å². The van der Waals surface area contributed by atoms with Crippen LogP contribution in [0.5, 0.6) is 0 Å². The Bertz CT molecular complexity index is 576. The van der Waals surface area contributed by atoms with Crippen LogP contribution in [0.2, 0.25) is 0 Å². The minimum Gasteiger partial charge on any atom is -0.380 e. The van der Waals surface area contributed by atoms with Gasteiger partial charge in [-0.1, -0.05) is 5.16 Å². The van der Waals surface area contributed by atoms with E-state index in [1.165, 1.54) is 12.1 Å². The van der Waals surface area contributed by atoms with Crippen molar-refractivity contribution in [1.29, 1.82) is 0 Å². The largest absolute Gasteiger partial charge is 0.380 e. The van der Waals surface area contributed by atoms with Crippen LogP contribution in [-0.4, -0.2) is 5.16 Å². The molecule has 0 aliphatic heterocycles. The van der Waals surface area contributed by atoms with Crippen LogP contribution >= 0.6 is 0 Å². The van der Waals surface area contributed by atoms with Crippen molar-refractivity contribution in [3.8, 4) is 11.1 Å². The summed E-state index contributed by atoms with van der Waals surface area (Å²) in [7, 11) is 0. The van der Waals surface area contributed by atoms with Gasteiger partial charge in [0, 0.05) is 17.5 Å². The Balaban J connectivity index is 2.16. The Kier molecular flexibility index (Phi) is 2.14. The Morgan fingerprint density at radius 3 is 2.71 bits per heavy atom. The number of anilines is 1. The fourth-order valence-corrected chi connectivity index (χ4v) is 1.90. The van der Waals surface area contributed by atoms with Gasteiger partial charge >= 0.3 is 0 Å². The fraction of sp³-hybridized carbons (Fsp3) is 0.250. The average Bonchev–Trinajstić information content (AvgIpc) is 3.04. The first-order valence-corrected chi connectivity index (χ1v) is 5.37. The third-order valence-corrected chi connectivity index (χ3v) is 2.89. The molecule has 5 heteroatoms. The molecule has 0 spiro atoms. The van der Waals surface area contributed by atoms with Crippen LogP contribution in [0.15, 0.2) is 22.7 Å². The molecular weight excluding hydrogens is 226 g/mol. The van der Waals surface area contributed by atoms with Gasteiger partial charge < -0.3 is 10.3 Å². The number of halogens is 2. The SMILES string of the molecule is Nc1noc(C2CC2)c1-c1ccc(F)cc1F. The normalized spacial score (nSPS) is 15.2. The molecule has 1 aromatic carbocycles. The third-order valence-electron chi connectivity index (χ3n) is 2.89. The summed E-state index contributed by atoms with van der Waals surface area (Å²) < 4.78 is 31.7. The lowest BCUT2D eigenvalue weighted by Crippen LogP contribution is -1.93. The highest BCUT2D eigenvalue weighted by Gasteiger charge is 2.33. The summed E-state index contributed by atoms with van der Waals surface area (Å²) in [6.45, 7) is 0. The summed E-state index contributed by atoms with van der Waals surface area (Å²) >= 11 is 0. The molecule has 1 aliphatic rings. The second kappa shape index (κ2) is 3.55. The summed E-state index contributed by atoms with van der Waals surface area (Å²) in [6.07, 6.45) is 1.98. The fourth-order valence-electron chi connectivity index (χ4n) is 1.90. The number of aromatic nitrogens is 1. The predicted octanol–water partition coefficient (Wildman–Crippen LogP) is 3.08. The highest BCUT2D eigenvalue weighted by Crippen LogP contribution is 2.46. The first-order valence-electron chi connectivity index (χ1n) is 5.37. The van der Waals surface area contributed by atoms with Gasteiger partial charge in [-0.3, -0.25) is 0 Å². The van der Waals surface area contributed by atoms with Crippen molar-refractivity contribution in [2.45, 2.75) is 18.8 Å². The molecule has 1 aliphatic carbocycles. The number of nitrogen functional groups attached to an aromatic ring is 1. The molecule has 3 rings (SSSR count). The smallest absolute Gasteiger partial charge is 0.175 e. The van der Waals surface area contributed by atoms with Crippen molar-refractivity contribution in [3.63, 3.8) is 0 Å². The summed E-state index contributed by atoms with van der Waals surface area (Å²) in [4.78, 5) is 0. The zero-order chi connectivity index (χ0) is 12.0. The maximum absolute atomic E-state index is 13.7. The Morgan fingerprint density at radius 2 is 2.06 bits per heavy atom. The van der Waals surface area contributed by atoms with Crippen molar-refractivity contribution in [2.75, 3.05) is 5.73 Å². The van der Waals surface area contributed by atoms with Crippen LogP contribution in [0.4, 0.5) is 14.6 Å². The second-order valence-electron chi connectivity index (χ2n) is 4.21. The highest BCUT2D eigenvalue weighted by atomic mass is 19.1. The number of hydrogen-bond acceptors (Lipinski definition) is 3. The second-order valence-corrected chi connectivity index (χ2v) is 4.21. The molecule has 1 fully saturated rings. The summed E-state index contributed by atoms with van der Waals surface area (Å²) in [6, 6.07) is 3.39. The van der Waals surface area contributed by atoms with E-state index in [0.717, 1.165) is 18.9 Å². The highest BCUT2D eigenvalue weighted by molar-refractivity contribution is 5.76. The van der Waals surface area contributed by atoms with E-state index in [0.29, 0.717) is 11.3 Å². The van der Waals surface area contributed by atoms with Gasteiger partial charge in [0.1, 0.15) is 17.4 Å². The van der Waals surface area contributed by atoms with Gasteiger partial charge in [0.2, 0.25) is 0 Å². The first-order chi connectivity index (χ1) is 8.16. The average molecular weight is 236 g/mol. The van der Waals surface area contributed by atoms with Gasteiger partial charge in [0.05, 0.1) is 5.56 Å². The Labute approximate surface area is 96.2 Å². The van der Waals surface area contributed by atoms with Crippen LogP contribution in [0.25, 0.3) is 11.1 Å². The topological polar surface area (TPSA) is 52.0 Å². The standard InChI is InChI=1S/C12H10F2N2O/c13-7-3-4-8(9(14)5-7)10-11(6-1-2-6)17-16-12(10)15/h3-6H,1-2H2,(H2,15,16). The molecule has 0 amide bonds. The number of benzene rings is 1. The van der Waals surface area contributed by atoms with Gasteiger partial charge in [-0.2, -0.15) is 0 Å². The third kappa shape index (κ3) is 1.67. The molecule has 1 saturated carbocycles. The Hall–Kier alpha value is -1.91. The number of nitrogens with two attached hydrogens (primary N) is 1. The van der Waals surface area contributed by atoms with E-state index in [2.05, 4.69) is 5.16 Å². The maximum Gasteiger partial charge on any atom is 0.175 e. The number of rotatable bonds is 2. The zero-order valence-electron chi connectivity index (χ0n) is 8.91. The maximum atomic E-state index is 13.7. The summed E-state index contributed by atoms with van der Waals surface area (Å²) in [5.41, 5.74) is 6.39. The molecular formula is C12H10F2N2O. The van der Waals surface area contributed by atoms with Crippen LogP contribution < -0.4 is 5.73 Å². The molecule has 0 bridgehead atoms. The molecule has 1 heterocycles. The Morgan fingerprint density at radius 1 is 1.29 bits per heavy atom. The monoisotopic (exact) mass is 236 g/mol. The minimum atomic E-state index is -0.651. The molecule has 2 aromatic rings. The molecule has 17 heavy (non-hydrogen) atoms. The molecule has 1 aromatic heterocycles. The molecule has 0 radical (unpaired) electrons. The minimum absolute atomic E-state index is 0.150. The molecule has 2 N–H and O–H groups in total. The van der Waals surface area contributed by atoms with E-state index >= 15 is 0 Å². The molecule has 88 valence electrons. The number of hydrogen-bond donors (Lipinski definition) is 1. The molecule has 0 unspecified atom stereocenters. The van der Waals surface area contributed by atoms with Gasteiger partial charge in [0.25, 0.3) is 0 Å². The van der Waals surface area contributed by atoms with E-state index in [4.69, 9.17) is 10.3 Å².